The topological polar surface area (TPSA) is 37.4 Å². The lowest BCUT2D eigenvalue weighted by atomic mass is 10.0. The van der Waals surface area contributed by atoms with Crippen molar-refractivity contribution in [3.63, 3.8) is 0 Å². The SMILES string of the molecule is C=C(/C=C\C=CC)c1cccc(CN2C(=O)Cc3ccc(C(C)=O)cc32)c1. The minimum atomic E-state index is 0.00307. The maximum Gasteiger partial charge on any atom is 0.231 e. The zero-order valence-corrected chi connectivity index (χ0v) is 15.7. The molecule has 0 spiro atoms. The van der Waals surface area contributed by atoms with Crippen molar-refractivity contribution >= 4 is 23.0 Å². The van der Waals surface area contributed by atoms with Gasteiger partial charge in [0.25, 0.3) is 0 Å². The number of allylic oxidation sites excluding steroid dienone is 5. The van der Waals surface area contributed by atoms with Gasteiger partial charge in [-0.1, -0.05) is 61.2 Å². The van der Waals surface area contributed by atoms with E-state index in [1.807, 2.05) is 61.6 Å². The summed E-state index contributed by atoms with van der Waals surface area (Å²) in [4.78, 5) is 26.0. The standard InChI is InChI=1S/C24H23NO2/c1-4-5-6-8-17(2)20-10-7-9-19(13-20)16-25-23-14-21(18(3)26)11-12-22(23)15-24(25)27/h4-14H,2,15-16H2,1,3H3/b5-4?,8-6-. The van der Waals surface area contributed by atoms with Gasteiger partial charge in [-0.05, 0) is 48.2 Å². The van der Waals surface area contributed by atoms with Gasteiger partial charge in [0.15, 0.2) is 5.78 Å². The van der Waals surface area contributed by atoms with Gasteiger partial charge in [0.2, 0.25) is 5.91 Å². The van der Waals surface area contributed by atoms with E-state index >= 15 is 0 Å². The van der Waals surface area contributed by atoms with Crippen LogP contribution in [0.3, 0.4) is 0 Å². The lowest BCUT2D eigenvalue weighted by Gasteiger charge is -2.18. The molecule has 0 unspecified atom stereocenters. The summed E-state index contributed by atoms with van der Waals surface area (Å²) in [6.45, 7) is 8.10. The lowest BCUT2D eigenvalue weighted by Crippen LogP contribution is -2.26. The van der Waals surface area contributed by atoms with Gasteiger partial charge in [-0.15, -0.1) is 0 Å². The van der Waals surface area contributed by atoms with Crippen LogP contribution in [0.15, 0.2) is 73.3 Å². The summed E-state index contributed by atoms with van der Waals surface area (Å²) >= 11 is 0. The molecule has 0 atom stereocenters. The normalized spacial score (nSPS) is 13.6. The molecule has 2 aromatic rings. The number of carbonyl (C=O) groups excluding carboxylic acids is 2. The molecule has 1 aliphatic rings. The molecule has 3 heteroatoms. The highest BCUT2D eigenvalue weighted by Crippen LogP contribution is 2.31. The van der Waals surface area contributed by atoms with E-state index in [9.17, 15) is 9.59 Å². The molecule has 1 amide bonds. The molecule has 1 heterocycles. The van der Waals surface area contributed by atoms with Crippen molar-refractivity contribution in [1.82, 2.24) is 0 Å². The number of amides is 1. The first kappa shape index (κ1) is 18.6. The van der Waals surface area contributed by atoms with Crippen LogP contribution in [-0.2, 0) is 17.8 Å². The van der Waals surface area contributed by atoms with Crippen molar-refractivity contribution in [2.45, 2.75) is 26.8 Å². The Morgan fingerprint density at radius 3 is 2.70 bits per heavy atom. The van der Waals surface area contributed by atoms with Crippen LogP contribution >= 0.6 is 0 Å². The molecule has 3 nitrogen and oxygen atoms in total. The van der Waals surface area contributed by atoms with E-state index in [1.165, 1.54) is 0 Å². The zero-order valence-electron chi connectivity index (χ0n) is 15.7. The van der Waals surface area contributed by atoms with Gasteiger partial charge in [0.1, 0.15) is 0 Å². The van der Waals surface area contributed by atoms with Crippen molar-refractivity contribution in [1.29, 1.82) is 0 Å². The Bertz CT molecular complexity index is 966. The molecule has 0 N–H and O–H groups in total. The van der Waals surface area contributed by atoms with Gasteiger partial charge in [0.05, 0.1) is 13.0 Å². The Balaban J connectivity index is 1.85. The number of benzene rings is 2. The second-order valence-electron chi connectivity index (χ2n) is 6.67. The minimum absolute atomic E-state index is 0.00307. The molecule has 0 aromatic heterocycles. The molecule has 0 saturated carbocycles. The predicted octanol–water partition coefficient (Wildman–Crippen LogP) is 5.12. The van der Waals surface area contributed by atoms with Gasteiger partial charge < -0.3 is 4.90 Å². The molecule has 27 heavy (non-hydrogen) atoms. The first-order valence-corrected chi connectivity index (χ1v) is 9.01. The van der Waals surface area contributed by atoms with Crippen LogP contribution in [0.4, 0.5) is 5.69 Å². The van der Waals surface area contributed by atoms with Crippen LogP contribution in [0, 0.1) is 0 Å². The van der Waals surface area contributed by atoms with Crippen LogP contribution in [0.2, 0.25) is 0 Å². The Morgan fingerprint density at radius 2 is 1.96 bits per heavy atom. The Morgan fingerprint density at radius 1 is 1.15 bits per heavy atom. The number of anilines is 1. The van der Waals surface area contributed by atoms with Crippen molar-refractivity contribution < 1.29 is 9.59 Å². The van der Waals surface area contributed by atoms with E-state index in [0.29, 0.717) is 18.5 Å². The van der Waals surface area contributed by atoms with Gasteiger partial charge >= 0.3 is 0 Å². The van der Waals surface area contributed by atoms with Crippen molar-refractivity contribution in [3.8, 4) is 0 Å². The third-order valence-electron chi connectivity index (χ3n) is 4.66. The Hall–Kier alpha value is -3.20. The fourth-order valence-corrected chi connectivity index (χ4v) is 3.18. The number of rotatable bonds is 6. The average molecular weight is 357 g/mol. The fourth-order valence-electron chi connectivity index (χ4n) is 3.18. The first-order chi connectivity index (χ1) is 13.0. The summed E-state index contributed by atoms with van der Waals surface area (Å²) in [5, 5.41) is 0. The Kier molecular flexibility index (Phi) is 5.51. The summed E-state index contributed by atoms with van der Waals surface area (Å²) in [6.07, 6.45) is 8.23. The quantitative estimate of drug-likeness (QED) is 0.531. The largest absolute Gasteiger partial charge is 0.307 e. The van der Waals surface area contributed by atoms with Crippen LogP contribution in [0.1, 0.15) is 40.9 Å². The summed E-state index contributed by atoms with van der Waals surface area (Å²) in [5.74, 6) is 0.0613. The molecular weight excluding hydrogens is 334 g/mol. The van der Waals surface area contributed by atoms with E-state index in [1.54, 1.807) is 17.9 Å². The van der Waals surface area contributed by atoms with Gasteiger partial charge in [-0.25, -0.2) is 0 Å². The number of nitrogens with zero attached hydrogens (tertiary/aromatic N) is 1. The summed E-state index contributed by atoms with van der Waals surface area (Å²) in [6, 6.07) is 13.6. The number of carbonyl (C=O) groups is 2. The number of hydrogen-bond donors (Lipinski definition) is 0. The highest BCUT2D eigenvalue weighted by molar-refractivity contribution is 6.03. The highest BCUT2D eigenvalue weighted by atomic mass is 16.2. The monoisotopic (exact) mass is 357 g/mol. The second kappa shape index (κ2) is 8.00. The maximum absolute atomic E-state index is 12.5. The molecule has 0 radical (unpaired) electrons. The third kappa shape index (κ3) is 4.14. The van der Waals surface area contributed by atoms with Gasteiger partial charge in [-0.2, -0.15) is 0 Å². The van der Waals surface area contributed by atoms with E-state index in [-0.39, 0.29) is 11.7 Å². The lowest BCUT2D eigenvalue weighted by molar-refractivity contribution is -0.117. The van der Waals surface area contributed by atoms with E-state index in [0.717, 1.165) is 28.0 Å². The van der Waals surface area contributed by atoms with Crippen LogP contribution in [-0.4, -0.2) is 11.7 Å². The molecular formula is C24H23NO2. The van der Waals surface area contributed by atoms with Gasteiger partial charge in [-0.3, -0.25) is 9.59 Å². The maximum atomic E-state index is 12.5. The zero-order chi connectivity index (χ0) is 19.4. The van der Waals surface area contributed by atoms with E-state index in [2.05, 4.69) is 12.6 Å². The molecule has 0 saturated heterocycles. The molecule has 0 fully saturated rings. The molecule has 1 aliphatic heterocycles. The predicted molar refractivity (Wildman–Crippen MR) is 111 cm³/mol. The Labute approximate surface area is 160 Å². The molecule has 136 valence electrons. The second-order valence-corrected chi connectivity index (χ2v) is 6.67. The molecule has 0 aliphatic carbocycles. The molecule has 2 aromatic carbocycles. The summed E-state index contributed by atoms with van der Waals surface area (Å²) in [5.41, 5.74) is 5.41. The van der Waals surface area contributed by atoms with Crippen molar-refractivity contribution in [2.24, 2.45) is 0 Å². The average Bonchev–Trinajstić information content (AvgIpc) is 2.96. The van der Waals surface area contributed by atoms with Crippen molar-refractivity contribution in [3.05, 3.63) is 95.6 Å². The van der Waals surface area contributed by atoms with E-state index in [4.69, 9.17) is 0 Å². The van der Waals surface area contributed by atoms with Crippen LogP contribution < -0.4 is 4.90 Å². The minimum Gasteiger partial charge on any atom is -0.307 e. The molecule has 0 bridgehead atoms. The van der Waals surface area contributed by atoms with Gasteiger partial charge in [0, 0.05) is 11.3 Å². The smallest absolute Gasteiger partial charge is 0.231 e. The van der Waals surface area contributed by atoms with Crippen LogP contribution in [0.5, 0.6) is 0 Å². The summed E-state index contributed by atoms with van der Waals surface area (Å²) in [7, 11) is 0. The fraction of sp³-hybridized carbons (Fsp3) is 0.167. The number of Topliss-reactive ketones (excluding diaryl/α,β-unsaturated/α-hetero) is 1. The van der Waals surface area contributed by atoms with Crippen molar-refractivity contribution in [2.75, 3.05) is 4.90 Å². The summed E-state index contributed by atoms with van der Waals surface area (Å²) < 4.78 is 0. The molecule has 3 rings (SSSR count). The number of hydrogen-bond acceptors (Lipinski definition) is 2. The van der Waals surface area contributed by atoms with Crippen LogP contribution in [0.25, 0.3) is 5.57 Å². The first-order valence-electron chi connectivity index (χ1n) is 9.01. The number of ketones is 1. The van der Waals surface area contributed by atoms with E-state index < -0.39 is 0 Å². The third-order valence-corrected chi connectivity index (χ3v) is 4.66. The number of fused-ring (bicyclic) bond motifs is 1. The highest BCUT2D eigenvalue weighted by Gasteiger charge is 2.27.